The quantitative estimate of drug-likeness (QED) is 0.193. The molecule has 3 N–H and O–H groups in total. The molecule has 2 aliphatic heterocycles. The number of allylic oxidation sites excluding steroid dienone is 2. The second-order valence-corrected chi connectivity index (χ2v) is 21.2. The minimum absolute atomic E-state index is 0.00986. The number of aryl methyl sites for hydroxylation is 2. The normalized spacial score (nSPS) is 32.1. The molecular formula is C55H84N2O11. The van der Waals surface area contributed by atoms with E-state index in [1.54, 1.807) is 61.0 Å². The van der Waals surface area contributed by atoms with Crippen LogP contribution in [0.15, 0.2) is 55.8 Å². The molecule has 0 spiro atoms. The average molecular weight is 949 g/mol. The van der Waals surface area contributed by atoms with Gasteiger partial charge in [0, 0.05) is 38.5 Å². The Bertz CT molecular complexity index is 1970. The number of aliphatic hydroxyl groups is 3. The Morgan fingerprint density at radius 1 is 0.618 bits per heavy atom. The minimum atomic E-state index is -1.23. The SMILES string of the molecule is C/C1=C/C[C@@H](/C(C)=C/c2coc(C)n2)OC(=O)C[C@H](O)C(C)(C)C(=O)[C@H](C)[C@@H](C)[C@@H](C)CCC1.C/C1=C/C[C@@H](/C(C)=C/c2coc(C)n2)OC(=O)C[C@H](O)C(C)(C)C(=O)[C@H](C)[C@@H](O)[C@@H](C)CCC1. The van der Waals surface area contributed by atoms with E-state index in [4.69, 9.17) is 18.3 Å². The van der Waals surface area contributed by atoms with E-state index in [-0.39, 0.29) is 42.2 Å². The van der Waals surface area contributed by atoms with Crippen molar-refractivity contribution in [2.75, 3.05) is 0 Å². The van der Waals surface area contributed by atoms with Gasteiger partial charge < -0.3 is 33.6 Å². The molecule has 0 unspecified atom stereocenters. The second-order valence-electron chi connectivity index (χ2n) is 21.2. The summed E-state index contributed by atoms with van der Waals surface area (Å²) in [5.41, 5.74) is 3.14. The van der Waals surface area contributed by atoms with Gasteiger partial charge in [-0.15, -0.1) is 0 Å². The maximum absolute atomic E-state index is 13.3. The molecule has 0 aromatic carbocycles. The van der Waals surface area contributed by atoms with Gasteiger partial charge in [0.1, 0.15) is 47.7 Å². The molecular weight excluding hydrogens is 865 g/mol. The molecule has 0 radical (unpaired) electrons. The number of carbonyl (C=O) groups excluding carboxylic acids is 4. The van der Waals surface area contributed by atoms with Gasteiger partial charge in [0.05, 0.1) is 42.0 Å². The van der Waals surface area contributed by atoms with Crippen molar-refractivity contribution in [2.24, 2.45) is 40.4 Å². The van der Waals surface area contributed by atoms with Crippen LogP contribution < -0.4 is 0 Å². The third kappa shape index (κ3) is 16.9. The van der Waals surface area contributed by atoms with Crippen molar-refractivity contribution >= 4 is 35.7 Å². The molecule has 13 nitrogen and oxygen atoms in total. The van der Waals surface area contributed by atoms with Crippen LogP contribution in [0.3, 0.4) is 0 Å². The Balaban J connectivity index is 0.000000360. The topological polar surface area (TPSA) is 199 Å². The van der Waals surface area contributed by atoms with E-state index < -0.39 is 59.2 Å². The number of ether oxygens (including phenoxy) is 2. The molecule has 10 atom stereocenters. The maximum Gasteiger partial charge on any atom is 0.309 e. The van der Waals surface area contributed by atoms with Crippen LogP contribution in [0.25, 0.3) is 12.2 Å². The highest BCUT2D eigenvalue weighted by Crippen LogP contribution is 2.36. The lowest BCUT2D eigenvalue weighted by molar-refractivity contribution is -0.155. The highest BCUT2D eigenvalue weighted by molar-refractivity contribution is 5.88. The standard InChI is InChI=1S/C28H43NO5.C27H41NO6/c1-17-10-9-11-18(2)20(4)21(5)27(32)28(7,8)25(30)15-26(31)34-24(13-12-17)19(3)14-23-16-33-22(6)29-23;1-16-9-8-10-17(2)25(31)19(4)26(32)27(6,7)23(29)14-24(30)34-22(12-11-16)18(3)13-21-15-33-20(5)28-21/h12,14,16,18,20-21,24-25,30H,9-11,13,15H2,1-8H3;11,13,15,17,19,22-23,25,29,31H,8-10,12,14H2,1-7H3/b17-12-,19-14+;16-11-,18-13+/t18-,20-,21+,24-,25-;17-,19+,22-,23-,25-/m00/s1. The number of cyclic esters (lactones) is 2. The monoisotopic (exact) mass is 949 g/mol. The average Bonchev–Trinajstić information content (AvgIpc) is 3.89. The van der Waals surface area contributed by atoms with Crippen molar-refractivity contribution in [3.05, 3.63) is 70.1 Å². The Morgan fingerprint density at radius 3 is 1.38 bits per heavy atom. The first-order valence-corrected chi connectivity index (χ1v) is 24.7. The summed E-state index contributed by atoms with van der Waals surface area (Å²) in [5, 5.41) is 32.5. The third-order valence-electron chi connectivity index (χ3n) is 14.7. The third-order valence-corrected chi connectivity index (χ3v) is 14.7. The van der Waals surface area contributed by atoms with Crippen molar-refractivity contribution in [1.82, 2.24) is 9.97 Å². The molecule has 0 saturated heterocycles. The molecule has 13 heteroatoms. The highest BCUT2D eigenvalue weighted by atomic mass is 16.5. The number of nitrogens with zero attached hydrogens (tertiary/aromatic N) is 2. The number of esters is 2. The van der Waals surface area contributed by atoms with E-state index in [0.717, 1.165) is 49.7 Å². The predicted octanol–water partition coefficient (Wildman–Crippen LogP) is 10.9. The van der Waals surface area contributed by atoms with Crippen LogP contribution >= 0.6 is 0 Å². The van der Waals surface area contributed by atoms with Crippen molar-refractivity contribution in [3.63, 3.8) is 0 Å². The van der Waals surface area contributed by atoms with Gasteiger partial charge >= 0.3 is 11.9 Å². The first kappa shape index (κ1) is 57.9. The molecule has 4 rings (SSSR count). The number of oxazole rings is 2. The Morgan fingerprint density at radius 2 is 1.00 bits per heavy atom. The lowest BCUT2D eigenvalue weighted by Gasteiger charge is -2.35. The molecule has 0 fully saturated rings. The van der Waals surface area contributed by atoms with Crippen LogP contribution in [0.4, 0.5) is 0 Å². The van der Waals surface area contributed by atoms with Gasteiger partial charge in [-0.1, -0.05) is 92.0 Å². The van der Waals surface area contributed by atoms with Gasteiger partial charge in [-0.25, -0.2) is 9.97 Å². The number of aromatic nitrogens is 2. The molecule has 2 aliphatic rings. The fourth-order valence-corrected chi connectivity index (χ4v) is 8.98. The zero-order valence-corrected chi connectivity index (χ0v) is 43.8. The number of Topliss-reactive ketones (excluding diaryl/α,β-unsaturated/α-hetero) is 2. The molecule has 0 saturated carbocycles. The van der Waals surface area contributed by atoms with E-state index in [9.17, 15) is 34.5 Å². The summed E-state index contributed by atoms with van der Waals surface area (Å²) in [6.45, 7) is 28.1. The van der Waals surface area contributed by atoms with Gasteiger partial charge in [0.25, 0.3) is 0 Å². The lowest BCUT2D eigenvalue weighted by atomic mass is 9.70. The van der Waals surface area contributed by atoms with Crippen LogP contribution in [0.2, 0.25) is 0 Å². The number of rotatable bonds is 4. The van der Waals surface area contributed by atoms with Crippen LogP contribution in [0, 0.1) is 54.3 Å². The zero-order chi connectivity index (χ0) is 51.3. The predicted molar refractivity (Wildman–Crippen MR) is 265 cm³/mol. The summed E-state index contributed by atoms with van der Waals surface area (Å²) in [6.07, 6.45) is 12.9. The number of hydrogen-bond donors (Lipinski definition) is 3. The molecule has 0 aliphatic carbocycles. The highest BCUT2D eigenvalue weighted by Gasteiger charge is 2.43. The van der Waals surface area contributed by atoms with Crippen LogP contribution in [0.5, 0.6) is 0 Å². The van der Waals surface area contributed by atoms with Gasteiger partial charge in [0.15, 0.2) is 11.8 Å². The number of carbonyl (C=O) groups is 4. The van der Waals surface area contributed by atoms with Gasteiger partial charge in [-0.2, -0.15) is 0 Å². The van der Waals surface area contributed by atoms with Crippen LogP contribution in [-0.4, -0.2) is 79.3 Å². The summed E-state index contributed by atoms with van der Waals surface area (Å²) >= 11 is 0. The Kier molecular flexibility index (Phi) is 22.1. The van der Waals surface area contributed by atoms with Crippen molar-refractivity contribution in [3.8, 4) is 0 Å². The van der Waals surface area contributed by atoms with Crippen molar-refractivity contribution in [2.45, 2.75) is 199 Å². The summed E-state index contributed by atoms with van der Waals surface area (Å²) in [4.78, 5) is 60.7. The van der Waals surface area contributed by atoms with E-state index in [1.807, 2.05) is 46.8 Å². The van der Waals surface area contributed by atoms with Crippen molar-refractivity contribution < 1.29 is 52.8 Å². The van der Waals surface area contributed by atoms with E-state index in [2.05, 4.69) is 42.9 Å². The van der Waals surface area contributed by atoms with E-state index >= 15 is 0 Å². The van der Waals surface area contributed by atoms with Gasteiger partial charge in [-0.05, 0) is 101 Å². The summed E-state index contributed by atoms with van der Waals surface area (Å²) < 4.78 is 22.1. The summed E-state index contributed by atoms with van der Waals surface area (Å²) in [5.74, 6) is -0.576. The molecule has 0 bridgehead atoms. The Labute approximate surface area is 406 Å². The minimum Gasteiger partial charge on any atom is -0.457 e. The summed E-state index contributed by atoms with van der Waals surface area (Å²) in [6, 6.07) is 0. The molecule has 68 heavy (non-hydrogen) atoms. The van der Waals surface area contributed by atoms with Gasteiger partial charge in [0.2, 0.25) is 0 Å². The number of aliphatic hydroxyl groups excluding tert-OH is 3. The Hall–Kier alpha value is -4.46. The molecule has 2 aromatic heterocycles. The van der Waals surface area contributed by atoms with Gasteiger partial charge in [-0.3, -0.25) is 19.2 Å². The lowest BCUT2D eigenvalue weighted by Crippen LogP contribution is -2.45. The fraction of sp³-hybridized carbons (Fsp3) is 0.673. The molecule has 2 aromatic rings. The first-order chi connectivity index (χ1) is 31.6. The second kappa shape index (κ2) is 25.9. The first-order valence-electron chi connectivity index (χ1n) is 24.7. The molecule has 380 valence electrons. The maximum atomic E-state index is 13.3. The zero-order valence-electron chi connectivity index (χ0n) is 43.8. The number of ketones is 2. The van der Waals surface area contributed by atoms with Crippen LogP contribution in [-0.2, 0) is 28.7 Å². The van der Waals surface area contributed by atoms with E-state index in [1.165, 1.54) is 11.1 Å². The van der Waals surface area contributed by atoms with Crippen LogP contribution in [0.1, 0.15) is 177 Å². The number of hydrogen-bond acceptors (Lipinski definition) is 13. The molecule has 4 heterocycles. The van der Waals surface area contributed by atoms with Crippen molar-refractivity contribution in [1.29, 1.82) is 0 Å². The smallest absolute Gasteiger partial charge is 0.309 e. The largest absolute Gasteiger partial charge is 0.457 e. The molecule has 0 amide bonds. The van der Waals surface area contributed by atoms with E-state index in [0.29, 0.717) is 41.9 Å². The fourth-order valence-electron chi connectivity index (χ4n) is 8.98. The summed E-state index contributed by atoms with van der Waals surface area (Å²) in [7, 11) is 0.